The number of amides is 1. The Labute approximate surface area is 131 Å². The zero-order valence-corrected chi connectivity index (χ0v) is 13.0. The molecule has 1 aromatic heterocycles. The number of likely N-dealkylation sites (tertiary alicyclic amines) is 1. The number of hydrogen-bond acceptors (Lipinski definition) is 5. The van der Waals surface area contributed by atoms with E-state index in [9.17, 15) is 4.79 Å². The van der Waals surface area contributed by atoms with Crippen molar-refractivity contribution in [2.24, 2.45) is 0 Å². The number of aromatic nitrogens is 2. The number of carbonyl (C=O) groups is 1. The molecule has 0 atom stereocenters. The van der Waals surface area contributed by atoms with Crippen molar-refractivity contribution in [1.82, 2.24) is 15.1 Å². The van der Waals surface area contributed by atoms with Gasteiger partial charge in [0.1, 0.15) is 5.01 Å². The fraction of sp³-hybridized carbons (Fsp3) is 0.357. The molecule has 110 valence electrons. The van der Waals surface area contributed by atoms with Crippen LogP contribution in [-0.2, 0) is 4.79 Å². The van der Waals surface area contributed by atoms with Gasteiger partial charge in [0.05, 0.1) is 6.54 Å². The van der Waals surface area contributed by atoms with Gasteiger partial charge in [-0.05, 0) is 38.1 Å². The number of nitrogens with zero attached hydrogens (tertiary/aromatic N) is 3. The first-order chi connectivity index (χ1) is 10.2. The number of nitrogens with one attached hydrogen (secondary N) is 1. The second kappa shape index (κ2) is 6.51. The van der Waals surface area contributed by atoms with E-state index in [1.54, 1.807) is 0 Å². The quantitative estimate of drug-likeness (QED) is 0.940. The number of benzene rings is 1. The smallest absolute Gasteiger partial charge is 0.240 e. The van der Waals surface area contributed by atoms with Gasteiger partial charge in [-0.15, -0.1) is 10.2 Å². The third-order valence-electron chi connectivity index (χ3n) is 3.33. The summed E-state index contributed by atoms with van der Waals surface area (Å²) in [5.74, 6) is -0.0318. The molecule has 0 saturated carbocycles. The largest absolute Gasteiger partial charge is 0.299 e. The fourth-order valence-electron chi connectivity index (χ4n) is 2.29. The molecule has 1 aliphatic rings. The molecule has 1 N–H and O–H groups in total. The van der Waals surface area contributed by atoms with Crippen molar-refractivity contribution in [3.05, 3.63) is 29.3 Å². The molecular weight excluding hydrogens is 308 g/mol. The van der Waals surface area contributed by atoms with E-state index in [4.69, 9.17) is 11.6 Å². The van der Waals surface area contributed by atoms with Crippen molar-refractivity contribution >= 4 is 34.0 Å². The van der Waals surface area contributed by atoms with Gasteiger partial charge in [0, 0.05) is 10.6 Å². The maximum atomic E-state index is 11.9. The van der Waals surface area contributed by atoms with E-state index in [0.29, 0.717) is 16.7 Å². The first kappa shape index (κ1) is 14.4. The Morgan fingerprint density at radius 2 is 1.95 bits per heavy atom. The minimum atomic E-state index is -0.0318. The molecule has 0 radical (unpaired) electrons. The topological polar surface area (TPSA) is 58.1 Å². The lowest BCUT2D eigenvalue weighted by Crippen LogP contribution is -2.30. The Balaban J connectivity index is 1.61. The third kappa shape index (κ3) is 3.78. The van der Waals surface area contributed by atoms with E-state index >= 15 is 0 Å². The van der Waals surface area contributed by atoms with Crippen LogP contribution in [0, 0.1) is 0 Å². The van der Waals surface area contributed by atoms with Crippen molar-refractivity contribution in [2.45, 2.75) is 12.8 Å². The minimum absolute atomic E-state index is 0.0318. The van der Waals surface area contributed by atoms with Crippen LogP contribution >= 0.6 is 22.9 Å². The standard InChI is InChI=1S/C14H15ClN4OS/c15-11-5-3-10(4-6-11)13-17-18-14(21-13)16-12(20)9-19-7-1-2-8-19/h3-6H,1-2,7-9H2,(H,16,18,20). The van der Waals surface area contributed by atoms with Gasteiger partial charge in [-0.25, -0.2) is 0 Å². The molecule has 1 amide bonds. The lowest BCUT2D eigenvalue weighted by atomic mass is 10.2. The van der Waals surface area contributed by atoms with E-state index in [1.807, 2.05) is 24.3 Å². The third-order valence-corrected chi connectivity index (χ3v) is 4.47. The first-order valence-electron chi connectivity index (χ1n) is 6.82. The summed E-state index contributed by atoms with van der Waals surface area (Å²) in [7, 11) is 0. The van der Waals surface area contributed by atoms with Crippen LogP contribution in [0.3, 0.4) is 0 Å². The molecule has 1 aliphatic heterocycles. The Bertz CT molecular complexity index is 622. The summed E-state index contributed by atoms with van der Waals surface area (Å²) >= 11 is 7.22. The second-order valence-corrected chi connectivity index (χ2v) is 6.36. The summed E-state index contributed by atoms with van der Waals surface area (Å²) in [4.78, 5) is 14.1. The minimum Gasteiger partial charge on any atom is -0.299 e. The lowest BCUT2D eigenvalue weighted by molar-refractivity contribution is -0.117. The summed E-state index contributed by atoms with van der Waals surface area (Å²) in [5.41, 5.74) is 0.942. The van der Waals surface area contributed by atoms with Gasteiger partial charge in [-0.1, -0.05) is 35.1 Å². The number of hydrogen-bond donors (Lipinski definition) is 1. The fourth-order valence-corrected chi connectivity index (χ4v) is 3.18. The van der Waals surface area contributed by atoms with E-state index in [-0.39, 0.29) is 5.91 Å². The zero-order chi connectivity index (χ0) is 14.7. The van der Waals surface area contributed by atoms with Gasteiger partial charge in [-0.2, -0.15) is 0 Å². The van der Waals surface area contributed by atoms with Gasteiger partial charge >= 0.3 is 0 Å². The van der Waals surface area contributed by atoms with Crippen molar-refractivity contribution < 1.29 is 4.79 Å². The van der Waals surface area contributed by atoms with E-state index < -0.39 is 0 Å². The summed E-state index contributed by atoms with van der Waals surface area (Å²) < 4.78 is 0. The van der Waals surface area contributed by atoms with Crippen molar-refractivity contribution in [2.75, 3.05) is 25.0 Å². The van der Waals surface area contributed by atoms with E-state index in [0.717, 1.165) is 23.7 Å². The van der Waals surface area contributed by atoms with Crippen LogP contribution in [0.1, 0.15) is 12.8 Å². The number of anilines is 1. The van der Waals surface area contributed by atoms with Crippen molar-refractivity contribution in [1.29, 1.82) is 0 Å². The highest BCUT2D eigenvalue weighted by atomic mass is 35.5. The Hall–Kier alpha value is -1.50. The number of halogens is 1. The van der Waals surface area contributed by atoms with E-state index in [2.05, 4.69) is 20.4 Å². The second-order valence-electron chi connectivity index (χ2n) is 4.95. The predicted molar refractivity (Wildman–Crippen MR) is 84.7 cm³/mol. The molecule has 1 aromatic carbocycles. The van der Waals surface area contributed by atoms with Crippen LogP contribution in [-0.4, -0.2) is 40.6 Å². The lowest BCUT2D eigenvalue weighted by Gasteiger charge is -2.12. The summed E-state index contributed by atoms with van der Waals surface area (Å²) in [5, 5.41) is 12.9. The molecule has 5 nitrogen and oxygen atoms in total. The van der Waals surface area contributed by atoms with Gasteiger partial charge in [0.25, 0.3) is 0 Å². The molecule has 0 unspecified atom stereocenters. The van der Waals surface area contributed by atoms with Crippen molar-refractivity contribution in [3.63, 3.8) is 0 Å². The maximum Gasteiger partial charge on any atom is 0.240 e. The molecule has 0 spiro atoms. The first-order valence-corrected chi connectivity index (χ1v) is 8.02. The maximum absolute atomic E-state index is 11.9. The molecule has 2 heterocycles. The molecule has 0 aliphatic carbocycles. The highest BCUT2D eigenvalue weighted by molar-refractivity contribution is 7.18. The Morgan fingerprint density at radius 1 is 1.24 bits per heavy atom. The van der Waals surface area contributed by atoms with Crippen LogP contribution < -0.4 is 5.32 Å². The highest BCUT2D eigenvalue weighted by Crippen LogP contribution is 2.27. The average Bonchev–Trinajstić information content (AvgIpc) is 3.11. The molecule has 0 bridgehead atoms. The number of carbonyl (C=O) groups excluding carboxylic acids is 1. The van der Waals surface area contributed by atoms with Crippen molar-refractivity contribution in [3.8, 4) is 10.6 Å². The monoisotopic (exact) mass is 322 g/mol. The summed E-state index contributed by atoms with van der Waals surface area (Å²) in [6, 6.07) is 7.39. The summed E-state index contributed by atoms with van der Waals surface area (Å²) in [6.07, 6.45) is 2.35. The van der Waals surface area contributed by atoms with Gasteiger partial charge < -0.3 is 0 Å². The average molecular weight is 323 g/mol. The molecule has 7 heteroatoms. The molecule has 1 fully saturated rings. The van der Waals surface area contributed by atoms with Crippen LogP contribution in [0.4, 0.5) is 5.13 Å². The predicted octanol–water partition coefficient (Wildman–Crippen LogP) is 2.89. The number of rotatable bonds is 4. The molecule has 2 aromatic rings. The SMILES string of the molecule is O=C(CN1CCCC1)Nc1nnc(-c2ccc(Cl)cc2)s1. The molecule has 21 heavy (non-hydrogen) atoms. The van der Waals surface area contributed by atoms with E-state index in [1.165, 1.54) is 24.2 Å². The normalized spacial score (nSPS) is 15.3. The molecule has 1 saturated heterocycles. The van der Waals surface area contributed by atoms with Gasteiger partial charge in [-0.3, -0.25) is 15.0 Å². The van der Waals surface area contributed by atoms with Gasteiger partial charge in [0.2, 0.25) is 11.0 Å². The highest BCUT2D eigenvalue weighted by Gasteiger charge is 2.16. The van der Waals surface area contributed by atoms with Gasteiger partial charge in [0.15, 0.2) is 0 Å². The summed E-state index contributed by atoms with van der Waals surface area (Å²) in [6.45, 7) is 2.43. The van der Waals surface area contributed by atoms with Crippen LogP contribution in [0.2, 0.25) is 5.02 Å². The Kier molecular flexibility index (Phi) is 4.48. The van der Waals surface area contributed by atoms with Crippen LogP contribution in [0.25, 0.3) is 10.6 Å². The Morgan fingerprint density at radius 3 is 2.67 bits per heavy atom. The zero-order valence-electron chi connectivity index (χ0n) is 11.4. The van der Waals surface area contributed by atoms with Crippen LogP contribution in [0.5, 0.6) is 0 Å². The molecular formula is C14H15ClN4OS. The molecule has 3 rings (SSSR count). The van der Waals surface area contributed by atoms with Crippen LogP contribution in [0.15, 0.2) is 24.3 Å².